The zero-order chi connectivity index (χ0) is 18.1. The molecule has 0 spiro atoms. The summed E-state index contributed by atoms with van der Waals surface area (Å²) in [5.41, 5.74) is -0.328. The van der Waals surface area contributed by atoms with Crippen LogP contribution >= 0.6 is 15.9 Å². The molecule has 24 heavy (non-hydrogen) atoms. The van der Waals surface area contributed by atoms with E-state index in [2.05, 4.69) is 20.7 Å². The van der Waals surface area contributed by atoms with E-state index in [9.17, 15) is 22.0 Å². The number of ether oxygens (including phenoxy) is 1. The minimum Gasteiger partial charge on any atom is -0.465 e. The summed E-state index contributed by atoms with van der Waals surface area (Å²) in [6.07, 6.45) is 0. The van der Waals surface area contributed by atoms with Crippen molar-refractivity contribution in [1.29, 1.82) is 0 Å². The summed E-state index contributed by atoms with van der Waals surface area (Å²) in [5.74, 6) is -3.37. The molecule has 9 heteroatoms. The highest BCUT2D eigenvalue weighted by Crippen LogP contribution is 2.27. The van der Waals surface area contributed by atoms with Crippen molar-refractivity contribution in [1.82, 2.24) is 0 Å². The first-order valence-electron chi connectivity index (χ1n) is 6.52. The molecule has 0 atom stereocenters. The number of esters is 1. The average Bonchev–Trinajstić information content (AvgIpc) is 2.48. The summed E-state index contributed by atoms with van der Waals surface area (Å²) in [5, 5.41) is 0. The van der Waals surface area contributed by atoms with Crippen molar-refractivity contribution >= 4 is 37.6 Å². The van der Waals surface area contributed by atoms with Crippen LogP contribution in [0.1, 0.15) is 15.9 Å². The number of sulfonamides is 1. The molecule has 0 amide bonds. The Kier molecular flexibility index (Phi) is 5.24. The Morgan fingerprint density at radius 2 is 1.83 bits per heavy atom. The summed E-state index contributed by atoms with van der Waals surface area (Å²) >= 11 is 3.13. The van der Waals surface area contributed by atoms with Gasteiger partial charge in [-0.2, -0.15) is 0 Å². The fourth-order valence-corrected chi connectivity index (χ4v) is 4.17. The highest BCUT2D eigenvalue weighted by molar-refractivity contribution is 9.10. The van der Waals surface area contributed by atoms with Crippen LogP contribution in [0.15, 0.2) is 39.7 Å². The second-order valence-electron chi connectivity index (χ2n) is 4.84. The van der Waals surface area contributed by atoms with Crippen molar-refractivity contribution in [3.63, 3.8) is 0 Å². The van der Waals surface area contributed by atoms with Gasteiger partial charge in [-0.1, -0.05) is 6.07 Å². The highest BCUT2D eigenvalue weighted by atomic mass is 79.9. The first-order chi connectivity index (χ1) is 11.2. The molecule has 5 nitrogen and oxygen atoms in total. The highest BCUT2D eigenvalue weighted by Gasteiger charge is 2.22. The topological polar surface area (TPSA) is 72.5 Å². The van der Waals surface area contributed by atoms with Gasteiger partial charge in [-0.25, -0.2) is 22.0 Å². The number of anilines is 1. The molecule has 128 valence electrons. The number of carbonyl (C=O) groups is 1. The van der Waals surface area contributed by atoms with Gasteiger partial charge >= 0.3 is 5.97 Å². The number of benzene rings is 2. The van der Waals surface area contributed by atoms with Crippen molar-refractivity contribution in [3.8, 4) is 0 Å². The van der Waals surface area contributed by atoms with Gasteiger partial charge in [0.05, 0.1) is 18.4 Å². The fraction of sp³-hybridized carbons (Fsp3) is 0.133. The molecule has 0 saturated carbocycles. The molecule has 0 fully saturated rings. The van der Waals surface area contributed by atoms with Gasteiger partial charge in [-0.05, 0) is 46.6 Å². The van der Waals surface area contributed by atoms with E-state index in [-0.39, 0.29) is 9.37 Å². The Hall–Kier alpha value is -2.00. The SMILES string of the molecule is COC(=O)c1cc(NS(=O)(=O)c2ccc(C)cc2Br)c(F)cc1F. The maximum Gasteiger partial charge on any atom is 0.340 e. The lowest BCUT2D eigenvalue weighted by Crippen LogP contribution is -2.16. The quantitative estimate of drug-likeness (QED) is 0.768. The Labute approximate surface area is 145 Å². The Morgan fingerprint density at radius 3 is 2.42 bits per heavy atom. The van der Waals surface area contributed by atoms with Crippen LogP contribution < -0.4 is 4.72 Å². The summed E-state index contributed by atoms with van der Waals surface area (Å²) < 4.78 is 59.0. The van der Waals surface area contributed by atoms with Gasteiger partial charge in [-0.15, -0.1) is 0 Å². The van der Waals surface area contributed by atoms with Crippen molar-refractivity contribution in [2.24, 2.45) is 0 Å². The molecule has 0 aliphatic heterocycles. The van der Waals surface area contributed by atoms with Crippen LogP contribution in [-0.4, -0.2) is 21.5 Å². The van der Waals surface area contributed by atoms with Crippen molar-refractivity contribution < 1.29 is 26.7 Å². The molecule has 0 aliphatic rings. The number of methoxy groups -OCH3 is 1. The largest absolute Gasteiger partial charge is 0.465 e. The maximum absolute atomic E-state index is 13.9. The van der Waals surface area contributed by atoms with Gasteiger partial charge in [0.2, 0.25) is 0 Å². The van der Waals surface area contributed by atoms with E-state index in [1.165, 1.54) is 6.07 Å². The second-order valence-corrected chi connectivity index (χ2v) is 7.35. The Morgan fingerprint density at radius 1 is 1.17 bits per heavy atom. The lowest BCUT2D eigenvalue weighted by atomic mass is 10.2. The zero-order valence-electron chi connectivity index (χ0n) is 12.6. The number of carbonyl (C=O) groups excluding carboxylic acids is 1. The summed E-state index contributed by atoms with van der Waals surface area (Å²) in [4.78, 5) is 11.3. The van der Waals surface area contributed by atoms with Crippen LogP contribution in [0.2, 0.25) is 0 Å². The van der Waals surface area contributed by atoms with Crippen LogP contribution in [0.4, 0.5) is 14.5 Å². The Balaban J connectivity index is 2.48. The van der Waals surface area contributed by atoms with E-state index in [4.69, 9.17) is 0 Å². The molecule has 2 aromatic carbocycles. The molecular formula is C15H12BrF2NO4S. The number of aryl methyl sites for hydroxylation is 1. The maximum atomic E-state index is 13.9. The van der Waals surface area contributed by atoms with Crippen molar-refractivity contribution in [2.45, 2.75) is 11.8 Å². The second kappa shape index (κ2) is 6.86. The van der Waals surface area contributed by atoms with Crippen LogP contribution in [0.3, 0.4) is 0 Å². The molecule has 1 N–H and O–H groups in total. The smallest absolute Gasteiger partial charge is 0.340 e. The van der Waals surface area contributed by atoms with E-state index in [0.29, 0.717) is 6.07 Å². The van der Waals surface area contributed by atoms with Crippen molar-refractivity contribution in [3.05, 3.63) is 57.6 Å². The third-order valence-corrected chi connectivity index (χ3v) is 5.43. The normalized spacial score (nSPS) is 11.2. The number of halogens is 3. The lowest BCUT2D eigenvalue weighted by molar-refractivity contribution is 0.0595. The first-order valence-corrected chi connectivity index (χ1v) is 8.79. The fourth-order valence-electron chi connectivity index (χ4n) is 1.92. The van der Waals surface area contributed by atoms with E-state index >= 15 is 0 Å². The number of rotatable bonds is 4. The minimum atomic E-state index is -4.16. The first kappa shape index (κ1) is 18.3. The molecule has 0 unspecified atom stereocenters. The van der Waals surface area contributed by atoms with Gasteiger partial charge in [-0.3, -0.25) is 4.72 Å². The Bertz CT molecular complexity index is 916. The van der Waals surface area contributed by atoms with Gasteiger partial charge in [0.25, 0.3) is 10.0 Å². The van der Waals surface area contributed by atoms with Crippen LogP contribution in [0.25, 0.3) is 0 Å². The van der Waals surface area contributed by atoms with E-state index in [1.807, 2.05) is 4.72 Å². The summed E-state index contributed by atoms with van der Waals surface area (Å²) in [6.45, 7) is 1.77. The number of nitrogens with one attached hydrogen (secondary N) is 1. The standard InChI is InChI=1S/C15H12BrF2NO4S/c1-8-3-4-14(10(16)5-8)24(21,22)19-13-6-9(15(20)23-2)11(17)7-12(13)18/h3-7,19H,1-2H3. The monoisotopic (exact) mass is 419 g/mol. The van der Waals surface area contributed by atoms with Gasteiger partial charge < -0.3 is 4.74 Å². The minimum absolute atomic E-state index is 0.128. The van der Waals surface area contributed by atoms with Gasteiger partial charge in [0, 0.05) is 10.5 Å². The number of hydrogen-bond donors (Lipinski definition) is 1. The molecule has 0 aliphatic carbocycles. The van der Waals surface area contributed by atoms with E-state index in [1.54, 1.807) is 19.1 Å². The van der Waals surface area contributed by atoms with E-state index < -0.39 is 38.9 Å². The van der Waals surface area contributed by atoms with Gasteiger partial charge in [0.15, 0.2) is 0 Å². The molecular weight excluding hydrogens is 408 g/mol. The molecule has 0 radical (unpaired) electrons. The summed E-state index contributed by atoms with van der Waals surface area (Å²) in [6, 6.07) is 5.64. The average molecular weight is 420 g/mol. The van der Waals surface area contributed by atoms with Crippen LogP contribution in [-0.2, 0) is 14.8 Å². The molecule has 0 saturated heterocycles. The molecule has 2 rings (SSSR count). The third-order valence-electron chi connectivity index (χ3n) is 3.08. The molecule has 2 aromatic rings. The number of hydrogen-bond acceptors (Lipinski definition) is 4. The zero-order valence-corrected chi connectivity index (χ0v) is 15.0. The molecule has 0 aromatic heterocycles. The third kappa shape index (κ3) is 3.73. The lowest BCUT2D eigenvalue weighted by Gasteiger charge is -2.12. The predicted molar refractivity (Wildman–Crippen MR) is 87.4 cm³/mol. The van der Waals surface area contributed by atoms with Gasteiger partial charge in [0.1, 0.15) is 16.5 Å². The predicted octanol–water partition coefficient (Wildman–Crippen LogP) is 3.62. The van der Waals surface area contributed by atoms with Crippen LogP contribution in [0, 0.1) is 18.6 Å². The molecule has 0 heterocycles. The van der Waals surface area contributed by atoms with Crippen LogP contribution in [0.5, 0.6) is 0 Å². The summed E-state index contributed by atoms with van der Waals surface area (Å²) in [7, 11) is -3.13. The molecule has 0 bridgehead atoms. The van der Waals surface area contributed by atoms with E-state index in [0.717, 1.165) is 18.7 Å². The van der Waals surface area contributed by atoms with Crippen molar-refractivity contribution in [2.75, 3.05) is 11.8 Å².